The number of nitrogens with zero attached hydrogens (tertiary/aromatic N) is 2. The summed E-state index contributed by atoms with van der Waals surface area (Å²) in [6.07, 6.45) is 2.86. The van der Waals surface area contributed by atoms with Crippen LogP contribution in [0.25, 0.3) is 0 Å². The molecule has 2 rings (SSSR count). The summed E-state index contributed by atoms with van der Waals surface area (Å²) in [5, 5.41) is 23.8. The molecule has 114 valence electrons. The van der Waals surface area contributed by atoms with Gasteiger partial charge in [-0.05, 0) is 12.1 Å². The second-order valence-corrected chi connectivity index (χ2v) is 6.29. The van der Waals surface area contributed by atoms with E-state index >= 15 is 0 Å². The fourth-order valence-electron chi connectivity index (χ4n) is 1.04. The zero-order valence-corrected chi connectivity index (χ0v) is 15.6. The van der Waals surface area contributed by atoms with Gasteiger partial charge in [0.1, 0.15) is 0 Å². The number of pyridine rings is 2. The summed E-state index contributed by atoms with van der Waals surface area (Å²) in [7, 11) is -2.65. The molecule has 0 aliphatic heterocycles. The van der Waals surface area contributed by atoms with Gasteiger partial charge in [0.15, 0.2) is 12.4 Å². The van der Waals surface area contributed by atoms with E-state index in [-0.39, 0.29) is 37.7 Å². The van der Waals surface area contributed by atoms with E-state index in [0.717, 1.165) is 9.46 Å². The van der Waals surface area contributed by atoms with Crippen LogP contribution in [0.5, 0.6) is 0 Å². The molecule has 0 fully saturated rings. The van der Waals surface area contributed by atoms with Crippen molar-refractivity contribution in [1.29, 1.82) is 0 Å². The molecule has 0 unspecified atom stereocenters. The first kappa shape index (κ1) is 21.7. The summed E-state index contributed by atoms with van der Waals surface area (Å²) in [5.41, 5.74) is 0. The van der Waals surface area contributed by atoms with E-state index in [9.17, 15) is 10.4 Å². The predicted molar refractivity (Wildman–Crippen MR) is 78.7 cm³/mol. The molecule has 2 aromatic heterocycles. The summed E-state index contributed by atoms with van der Waals surface area (Å²) in [4.78, 5) is 0. The Morgan fingerprint density at radius 3 is 1.41 bits per heavy atom. The van der Waals surface area contributed by atoms with Gasteiger partial charge in [0.2, 0.25) is 0 Å². The van der Waals surface area contributed by atoms with Crippen molar-refractivity contribution in [2.45, 2.75) is 10.1 Å². The second kappa shape index (κ2) is 10.5. The third kappa shape index (κ3) is 9.69. The van der Waals surface area contributed by atoms with Crippen molar-refractivity contribution >= 4 is 69.7 Å². The van der Waals surface area contributed by atoms with Crippen LogP contribution in [-0.4, -0.2) is 55.3 Å². The number of hydrogen-bond acceptors (Lipinski definition) is 8. The summed E-state index contributed by atoms with van der Waals surface area (Å²) in [5.74, 6) is 0. The molecule has 0 aliphatic rings. The molecule has 22 heavy (non-hydrogen) atoms. The Morgan fingerprint density at radius 1 is 0.818 bits per heavy atom. The molecule has 0 bridgehead atoms. The molecule has 0 amide bonds. The van der Waals surface area contributed by atoms with E-state index in [1.165, 1.54) is 34.0 Å². The Hall–Kier alpha value is -0.270. The Kier molecular flexibility index (Phi) is 10.4. The molecular weight excluding hydrogens is 380 g/mol. The van der Waals surface area contributed by atoms with Gasteiger partial charge >= 0.3 is 37.7 Å². The summed E-state index contributed by atoms with van der Waals surface area (Å²) in [6, 6.07) is 10.3. The molecule has 0 radical (unpaired) electrons. The van der Waals surface area contributed by atoms with Crippen LogP contribution in [0.4, 0.5) is 0 Å². The van der Waals surface area contributed by atoms with Gasteiger partial charge in [-0.25, -0.2) is 0 Å². The molecule has 8 nitrogen and oxygen atoms in total. The summed E-state index contributed by atoms with van der Waals surface area (Å²) in [6.45, 7) is 0. The van der Waals surface area contributed by atoms with Crippen molar-refractivity contribution in [2.75, 3.05) is 0 Å². The summed E-state index contributed by atoms with van der Waals surface area (Å²) < 4.78 is 35.6. The van der Waals surface area contributed by atoms with E-state index < -0.39 is 10.4 Å². The first-order valence-electron chi connectivity index (χ1n) is 5.15. The molecule has 2 heterocycles. The molecule has 0 aromatic carbocycles. The van der Waals surface area contributed by atoms with Gasteiger partial charge < -0.3 is 19.5 Å². The van der Waals surface area contributed by atoms with Gasteiger partial charge in [0.05, 0.1) is 0 Å². The minimum atomic E-state index is -5.17. The Morgan fingerprint density at radius 2 is 1.14 bits per heavy atom. The van der Waals surface area contributed by atoms with Crippen molar-refractivity contribution < 1.29 is 27.0 Å². The first-order valence-corrected chi connectivity index (χ1v) is 8.63. The van der Waals surface area contributed by atoms with Crippen molar-refractivity contribution in [3.63, 3.8) is 0 Å². The fourth-order valence-corrected chi connectivity index (χ4v) is 3.03. The van der Waals surface area contributed by atoms with Crippen molar-refractivity contribution in [3.8, 4) is 0 Å². The SMILES string of the molecule is O=S(=O)([O-])[O-].[Ca+2].[O-][n+]1ccccc1SSc1cccc[n+]1[O-]. The van der Waals surface area contributed by atoms with E-state index in [0.29, 0.717) is 10.1 Å². The number of rotatable bonds is 3. The quantitative estimate of drug-likeness (QED) is 0.180. The van der Waals surface area contributed by atoms with Gasteiger partial charge in [0, 0.05) is 56.3 Å². The van der Waals surface area contributed by atoms with Gasteiger partial charge in [-0.1, -0.05) is 0 Å². The first-order chi connectivity index (χ1) is 9.77. The topological polar surface area (TPSA) is 134 Å². The van der Waals surface area contributed by atoms with Crippen LogP contribution in [0.1, 0.15) is 0 Å². The number of aromatic nitrogens is 2. The van der Waals surface area contributed by atoms with Crippen LogP contribution < -0.4 is 9.46 Å². The molecule has 0 N–H and O–H groups in total. The average Bonchev–Trinajstić information content (AvgIpc) is 2.37. The minimum absolute atomic E-state index is 0. The van der Waals surface area contributed by atoms with Crippen molar-refractivity contribution in [1.82, 2.24) is 0 Å². The largest absolute Gasteiger partial charge is 2.00 e. The molecule has 0 spiro atoms. The number of hydrogen-bond donors (Lipinski definition) is 0. The Labute approximate surface area is 164 Å². The van der Waals surface area contributed by atoms with Gasteiger partial charge in [-0.3, -0.25) is 8.42 Å². The van der Waals surface area contributed by atoms with Gasteiger partial charge in [-0.2, -0.15) is 9.46 Å². The van der Waals surface area contributed by atoms with Gasteiger partial charge in [0.25, 0.3) is 10.1 Å². The molecule has 12 heteroatoms. The van der Waals surface area contributed by atoms with E-state index in [1.54, 1.807) is 36.4 Å². The Bertz CT molecular complexity index is 647. The molecular formula is C10H8CaN2O6S3. The normalized spacial score (nSPS) is 10.1. The van der Waals surface area contributed by atoms with Crippen molar-refractivity contribution in [2.24, 2.45) is 0 Å². The van der Waals surface area contributed by atoms with Crippen LogP contribution >= 0.6 is 21.6 Å². The van der Waals surface area contributed by atoms with E-state index in [4.69, 9.17) is 17.5 Å². The standard InChI is InChI=1S/C10H8N2O2S2.Ca.H2O4S/c13-11-7-3-1-5-9(11)15-16-10-6-2-4-8-12(10)14;;1-5(2,3)4/h1-8H;;(H2,1,2,3,4)/q;+2;/p-2. The summed E-state index contributed by atoms with van der Waals surface area (Å²) >= 11 is 0. The maximum Gasteiger partial charge on any atom is 2.00 e. The predicted octanol–water partition coefficient (Wildman–Crippen LogP) is 0.0340. The third-order valence-electron chi connectivity index (χ3n) is 1.79. The average molecular weight is 388 g/mol. The molecule has 0 saturated carbocycles. The third-order valence-corrected chi connectivity index (χ3v) is 4.12. The molecule has 2 aromatic rings. The van der Waals surface area contributed by atoms with Crippen LogP contribution in [-0.2, 0) is 10.4 Å². The van der Waals surface area contributed by atoms with Crippen LogP contribution in [0.2, 0.25) is 0 Å². The van der Waals surface area contributed by atoms with Gasteiger partial charge in [-0.15, -0.1) is 0 Å². The zero-order chi connectivity index (χ0) is 15.9. The monoisotopic (exact) mass is 388 g/mol. The second-order valence-electron chi connectivity index (χ2n) is 3.30. The van der Waals surface area contributed by atoms with Crippen molar-refractivity contribution in [3.05, 3.63) is 59.2 Å². The fraction of sp³-hybridized carbons (Fsp3) is 0. The molecule has 0 saturated heterocycles. The molecule has 0 atom stereocenters. The van der Waals surface area contributed by atoms with Crippen LogP contribution in [0, 0.1) is 10.4 Å². The maximum atomic E-state index is 11.3. The maximum absolute atomic E-state index is 11.3. The van der Waals surface area contributed by atoms with E-state index in [1.807, 2.05) is 0 Å². The minimum Gasteiger partial charge on any atom is -0.759 e. The van der Waals surface area contributed by atoms with Crippen LogP contribution in [0.15, 0.2) is 58.8 Å². The van der Waals surface area contributed by atoms with E-state index in [2.05, 4.69) is 0 Å². The Balaban J connectivity index is 0.000000644. The van der Waals surface area contributed by atoms with Crippen LogP contribution in [0.3, 0.4) is 0 Å². The smallest absolute Gasteiger partial charge is 0.759 e. The zero-order valence-electron chi connectivity index (χ0n) is 10.9. The molecule has 0 aliphatic carbocycles.